The van der Waals surface area contributed by atoms with Gasteiger partial charge >= 0.3 is 0 Å². The van der Waals surface area contributed by atoms with E-state index in [0.717, 1.165) is 6.54 Å². The number of rotatable bonds is 7. The lowest BCUT2D eigenvalue weighted by atomic mass is 9.72. The van der Waals surface area contributed by atoms with Gasteiger partial charge in [-0.2, -0.15) is 0 Å². The van der Waals surface area contributed by atoms with Crippen LogP contribution in [0.3, 0.4) is 0 Å². The van der Waals surface area contributed by atoms with Crippen LogP contribution in [0.2, 0.25) is 0 Å². The van der Waals surface area contributed by atoms with Crippen molar-refractivity contribution in [2.24, 2.45) is 0 Å². The molecule has 0 bridgehead atoms. The van der Waals surface area contributed by atoms with Crippen LogP contribution in [-0.4, -0.2) is 12.6 Å². The van der Waals surface area contributed by atoms with Gasteiger partial charge in [0.2, 0.25) is 0 Å². The summed E-state index contributed by atoms with van der Waals surface area (Å²) in [6.45, 7) is 10.3. The molecule has 0 spiro atoms. The van der Waals surface area contributed by atoms with E-state index < -0.39 is 0 Å². The molecule has 20 heavy (non-hydrogen) atoms. The van der Waals surface area contributed by atoms with Gasteiger partial charge in [-0.25, -0.2) is 0 Å². The molecule has 2 heteroatoms. The second-order valence-electron chi connectivity index (χ2n) is 5.97. The molecule has 1 nitrogen and oxygen atoms in total. The molecule has 110 valence electrons. The Morgan fingerprint density at radius 2 is 2.05 bits per heavy atom. The number of nitrogens with one attached hydrogen (secondary N) is 1. The average molecular weight is 289 g/mol. The molecule has 1 aromatic heterocycles. The van der Waals surface area contributed by atoms with E-state index in [2.05, 4.69) is 62.7 Å². The molecule has 2 aromatic rings. The highest BCUT2D eigenvalue weighted by Crippen LogP contribution is 2.35. The van der Waals surface area contributed by atoms with E-state index in [9.17, 15) is 0 Å². The van der Waals surface area contributed by atoms with Gasteiger partial charge in [0.25, 0.3) is 0 Å². The molecule has 0 aliphatic heterocycles. The zero-order valence-electron chi connectivity index (χ0n) is 13.2. The quantitative estimate of drug-likeness (QED) is 0.724. The topological polar surface area (TPSA) is 12.0 Å². The fourth-order valence-corrected chi connectivity index (χ4v) is 3.78. The summed E-state index contributed by atoms with van der Waals surface area (Å²) in [6, 6.07) is 9.76. The van der Waals surface area contributed by atoms with Crippen LogP contribution in [0.4, 0.5) is 0 Å². The third-order valence-electron chi connectivity index (χ3n) is 4.63. The molecule has 0 fully saturated rings. The van der Waals surface area contributed by atoms with Gasteiger partial charge in [-0.05, 0) is 54.4 Å². The molecule has 2 atom stereocenters. The molecule has 0 aliphatic carbocycles. The summed E-state index contributed by atoms with van der Waals surface area (Å²) >= 11 is 1.83. The Labute approximate surface area is 127 Å². The van der Waals surface area contributed by atoms with Gasteiger partial charge in [-0.1, -0.05) is 39.7 Å². The molecular formula is C18H27NS. The molecule has 0 saturated carbocycles. The Hall–Kier alpha value is -0.860. The first-order valence-electron chi connectivity index (χ1n) is 7.83. The summed E-state index contributed by atoms with van der Waals surface area (Å²) in [5.41, 5.74) is 1.69. The van der Waals surface area contributed by atoms with Crippen LogP contribution in [0, 0.1) is 0 Å². The molecule has 2 rings (SSSR count). The number of thiophene rings is 1. The van der Waals surface area contributed by atoms with E-state index in [1.165, 1.54) is 34.9 Å². The normalized spacial score (nSPS) is 16.2. The fraction of sp³-hybridized carbons (Fsp3) is 0.556. The SMILES string of the molecule is CCCCC(C)(c1ccc2sccc2c1)C(C)NCC. The van der Waals surface area contributed by atoms with Gasteiger partial charge in [0.05, 0.1) is 0 Å². The van der Waals surface area contributed by atoms with Crippen LogP contribution in [-0.2, 0) is 5.41 Å². The van der Waals surface area contributed by atoms with Gasteiger partial charge in [0, 0.05) is 16.2 Å². The predicted octanol–water partition coefficient (Wildman–Crippen LogP) is 5.35. The van der Waals surface area contributed by atoms with Gasteiger partial charge in [0.1, 0.15) is 0 Å². The second-order valence-corrected chi connectivity index (χ2v) is 6.92. The first kappa shape index (κ1) is 15.5. The first-order chi connectivity index (χ1) is 9.61. The van der Waals surface area contributed by atoms with Crippen LogP contribution >= 0.6 is 11.3 Å². The summed E-state index contributed by atoms with van der Waals surface area (Å²) in [5, 5.41) is 7.21. The third-order valence-corrected chi connectivity index (χ3v) is 5.53. The fourth-order valence-electron chi connectivity index (χ4n) is 3.01. The van der Waals surface area contributed by atoms with E-state index in [4.69, 9.17) is 0 Å². The molecular weight excluding hydrogens is 262 g/mol. The molecule has 1 aromatic carbocycles. The maximum Gasteiger partial charge on any atom is 0.0342 e. The number of hydrogen-bond acceptors (Lipinski definition) is 2. The van der Waals surface area contributed by atoms with Crippen molar-refractivity contribution >= 4 is 21.4 Å². The van der Waals surface area contributed by atoms with E-state index >= 15 is 0 Å². The highest BCUT2D eigenvalue weighted by molar-refractivity contribution is 7.17. The van der Waals surface area contributed by atoms with Crippen molar-refractivity contribution in [1.82, 2.24) is 5.32 Å². The highest BCUT2D eigenvalue weighted by Gasteiger charge is 2.32. The molecule has 0 radical (unpaired) electrons. The highest BCUT2D eigenvalue weighted by atomic mass is 32.1. The minimum absolute atomic E-state index is 0.210. The van der Waals surface area contributed by atoms with Crippen molar-refractivity contribution in [1.29, 1.82) is 0 Å². The smallest absolute Gasteiger partial charge is 0.0342 e. The average Bonchev–Trinajstić information content (AvgIpc) is 2.92. The lowest BCUT2D eigenvalue weighted by Gasteiger charge is -2.37. The van der Waals surface area contributed by atoms with Crippen molar-refractivity contribution in [3.8, 4) is 0 Å². The maximum absolute atomic E-state index is 3.64. The van der Waals surface area contributed by atoms with Crippen molar-refractivity contribution in [2.75, 3.05) is 6.54 Å². The molecule has 1 N–H and O–H groups in total. The summed E-state index contributed by atoms with van der Waals surface area (Å²) in [7, 11) is 0. The van der Waals surface area contributed by atoms with Crippen LogP contribution in [0.1, 0.15) is 52.5 Å². The maximum atomic E-state index is 3.64. The Kier molecular flexibility index (Phi) is 5.22. The monoisotopic (exact) mass is 289 g/mol. The van der Waals surface area contributed by atoms with Gasteiger partial charge in [-0.3, -0.25) is 0 Å². The van der Waals surface area contributed by atoms with Gasteiger partial charge in [-0.15, -0.1) is 11.3 Å². The van der Waals surface area contributed by atoms with Crippen molar-refractivity contribution in [2.45, 2.75) is 58.4 Å². The number of unbranched alkanes of at least 4 members (excludes halogenated alkanes) is 1. The Bertz CT molecular complexity index is 545. The second kappa shape index (κ2) is 6.73. The Morgan fingerprint density at radius 3 is 2.75 bits per heavy atom. The largest absolute Gasteiger partial charge is 0.314 e. The van der Waals surface area contributed by atoms with E-state index in [1.54, 1.807) is 0 Å². The van der Waals surface area contributed by atoms with Crippen LogP contribution in [0.15, 0.2) is 29.6 Å². The molecule has 0 saturated heterocycles. The van der Waals surface area contributed by atoms with E-state index in [-0.39, 0.29) is 5.41 Å². The number of likely N-dealkylation sites (N-methyl/N-ethyl adjacent to an activating group) is 1. The van der Waals surface area contributed by atoms with Gasteiger partial charge < -0.3 is 5.32 Å². The van der Waals surface area contributed by atoms with Crippen LogP contribution in [0.5, 0.6) is 0 Å². The number of benzene rings is 1. The van der Waals surface area contributed by atoms with Gasteiger partial charge in [0.15, 0.2) is 0 Å². The zero-order chi connectivity index (χ0) is 14.6. The number of fused-ring (bicyclic) bond motifs is 1. The zero-order valence-corrected chi connectivity index (χ0v) is 14.0. The molecule has 0 amide bonds. The van der Waals surface area contributed by atoms with Crippen LogP contribution in [0.25, 0.3) is 10.1 Å². The van der Waals surface area contributed by atoms with Crippen molar-refractivity contribution in [3.05, 3.63) is 35.2 Å². The van der Waals surface area contributed by atoms with E-state index in [1.807, 2.05) is 11.3 Å². The molecule has 1 heterocycles. The third kappa shape index (κ3) is 3.07. The lowest BCUT2D eigenvalue weighted by Crippen LogP contribution is -2.44. The summed E-state index contributed by atoms with van der Waals surface area (Å²) in [4.78, 5) is 0. The van der Waals surface area contributed by atoms with Crippen molar-refractivity contribution < 1.29 is 0 Å². The summed E-state index contributed by atoms with van der Waals surface area (Å²) in [5.74, 6) is 0. The minimum Gasteiger partial charge on any atom is -0.314 e. The summed E-state index contributed by atoms with van der Waals surface area (Å²) < 4.78 is 1.39. The minimum atomic E-state index is 0.210. The first-order valence-corrected chi connectivity index (χ1v) is 8.71. The standard InChI is InChI=1S/C18H27NS/c1-5-7-11-18(4,14(3)19-6-2)16-8-9-17-15(13-16)10-12-20-17/h8-10,12-14,19H,5-7,11H2,1-4H3. The molecule has 2 unspecified atom stereocenters. The lowest BCUT2D eigenvalue weighted by molar-refractivity contribution is 0.310. The summed E-state index contributed by atoms with van der Waals surface area (Å²) in [6.07, 6.45) is 3.79. The Balaban J connectivity index is 2.37. The predicted molar refractivity (Wildman–Crippen MR) is 91.8 cm³/mol. The molecule has 0 aliphatic rings. The number of hydrogen-bond donors (Lipinski definition) is 1. The van der Waals surface area contributed by atoms with E-state index in [0.29, 0.717) is 6.04 Å². The Morgan fingerprint density at radius 1 is 1.25 bits per heavy atom. The van der Waals surface area contributed by atoms with Crippen molar-refractivity contribution in [3.63, 3.8) is 0 Å². The van der Waals surface area contributed by atoms with Crippen LogP contribution < -0.4 is 5.32 Å².